The second-order valence-electron chi connectivity index (χ2n) is 7.24. The molecule has 1 amide bonds. The summed E-state index contributed by atoms with van der Waals surface area (Å²) >= 11 is 0. The maximum absolute atomic E-state index is 13.8. The first kappa shape index (κ1) is 24.4. The van der Waals surface area contributed by atoms with Crippen LogP contribution in [0.4, 0.5) is 32.0 Å². The summed E-state index contributed by atoms with van der Waals surface area (Å²) in [6, 6.07) is 6.76. The predicted molar refractivity (Wildman–Crippen MR) is 110 cm³/mol. The predicted octanol–water partition coefficient (Wildman–Crippen LogP) is 4.07. The van der Waals surface area contributed by atoms with Gasteiger partial charge in [0.2, 0.25) is 0 Å². The molecule has 1 N–H and O–H groups in total. The number of amides is 1. The maximum atomic E-state index is 13.8. The number of hydrogen-bond acceptors (Lipinski definition) is 6. The molecule has 0 aliphatic rings. The van der Waals surface area contributed by atoms with Crippen LogP contribution in [0.1, 0.15) is 32.7 Å². The zero-order valence-electron chi connectivity index (χ0n) is 17.7. The Morgan fingerprint density at radius 3 is 2.36 bits per heavy atom. The molecule has 0 saturated heterocycles. The highest BCUT2D eigenvalue weighted by atomic mass is 19.4. The third kappa shape index (κ3) is 5.02. The normalized spacial score (nSPS) is 11.8. The zero-order chi connectivity index (χ0) is 26.1. The van der Waals surface area contributed by atoms with Gasteiger partial charge in [-0.1, -0.05) is 12.1 Å². The van der Waals surface area contributed by atoms with Crippen LogP contribution in [-0.2, 0) is 18.9 Å². The number of benzene rings is 1. The molecule has 1 aromatic carbocycles. The fourth-order valence-corrected chi connectivity index (χ4v) is 3.28. The molecule has 0 saturated carbocycles. The lowest BCUT2D eigenvalue weighted by atomic mass is 10.1. The smallest absolute Gasteiger partial charge is 0.320 e. The van der Waals surface area contributed by atoms with Gasteiger partial charge < -0.3 is 5.32 Å². The van der Waals surface area contributed by atoms with E-state index in [-0.39, 0.29) is 22.6 Å². The van der Waals surface area contributed by atoms with Crippen molar-refractivity contribution in [2.75, 3.05) is 5.32 Å². The first-order valence-corrected chi connectivity index (χ1v) is 9.84. The molecule has 4 rings (SSSR count). The number of nitrogens with one attached hydrogen (secondary N) is 1. The van der Waals surface area contributed by atoms with Crippen molar-refractivity contribution in [3.05, 3.63) is 83.1 Å². The van der Waals surface area contributed by atoms with E-state index in [9.17, 15) is 36.4 Å². The van der Waals surface area contributed by atoms with Crippen LogP contribution in [0.3, 0.4) is 0 Å². The highest BCUT2D eigenvalue weighted by Gasteiger charge is 2.40. The van der Waals surface area contributed by atoms with Gasteiger partial charge >= 0.3 is 12.4 Å². The van der Waals surface area contributed by atoms with Crippen molar-refractivity contribution >= 4 is 11.6 Å². The van der Waals surface area contributed by atoms with Crippen LogP contribution >= 0.6 is 0 Å². The summed E-state index contributed by atoms with van der Waals surface area (Å²) in [5.74, 6) is -1.18. The molecule has 36 heavy (non-hydrogen) atoms. The Morgan fingerprint density at radius 1 is 1.00 bits per heavy atom. The van der Waals surface area contributed by atoms with Gasteiger partial charge in [0.05, 0.1) is 48.1 Å². The second-order valence-corrected chi connectivity index (χ2v) is 7.24. The van der Waals surface area contributed by atoms with Gasteiger partial charge in [-0.2, -0.15) is 46.9 Å². The van der Waals surface area contributed by atoms with Gasteiger partial charge in [0.1, 0.15) is 11.6 Å². The van der Waals surface area contributed by atoms with Gasteiger partial charge in [-0.05, 0) is 23.8 Å². The summed E-state index contributed by atoms with van der Waals surface area (Å²) in [7, 11) is 0. The lowest BCUT2D eigenvalue weighted by Crippen LogP contribution is -2.22. The molecule has 3 heterocycles. The Morgan fingerprint density at radius 2 is 1.72 bits per heavy atom. The summed E-state index contributed by atoms with van der Waals surface area (Å²) in [4.78, 5) is 17.7. The Labute approximate surface area is 197 Å². The molecule has 0 unspecified atom stereocenters. The number of alkyl halides is 6. The molecule has 9 nitrogen and oxygen atoms in total. The van der Waals surface area contributed by atoms with Crippen LogP contribution in [-0.4, -0.2) is 35.7 Å². The first-order valence-electron chi connectivity index (χ1n) is 9.84. The largest absolute Gasteiger partial charge is 0.433 e. The molecule has 0 aliphatic carbocycles. The highest BCUT2D eigenvalue weighted by Crippen LogP contribution is 2.34. The molecule has 184 valence electrons. The molecule has 0 spiro atoms. The van der Waals surface area contributed by atoms with E-state index in [1.54, 1.807) is 0 Å². The lowest BCUT2D eigenvalue weighted by Gasteiger charge is -2.14. The van der Waals surface area contributed by atoms with E-state index in [2.05, 4.69) is 25.6 Å². The second kappa shape index (κ2) is 9.13. The minimum atomic E-state index is -5.06. The maximum Gasteiger partial charge on any atom is 0.433 e. The monoisotopic (exact) mass is 506 g/mol. The molecular weight excluding hydrogens is 494 g/mol. The Bertz CT molecular complexity index is 1450. The molecule has 0 bridgehead atoms. The Balaban J connectivity index is 1.63. The van der Waals surface area contributed by atoms with Crippen molar-refractivity contribution in [3.63, 3.8) is 0 Å². The average Bonchev–Trinajstić information content (AvgIpc) is 3.49. The topological polar surface area (TPSA) is 114 Å². The summed E-state index contributed by atoms with van der Waals surface area (Å²) in [5.41, 5.74) is -3.62. The van der Waals surface area contributed by atoms with E-state index in [1.165, 1.54) is 24.5 Å². The molecule has 15 heteroatoms. The SMILES string of the molecule is N#Cc1cc(NC(=O)c2cnn(Cc3cccc(C(F)(F)F)c3)c2C(F)(F)F)cnc1-n1nccn1. The Kier molecular flexibility index (Phi) is 6.19. The van der Waals surface area contributed by atoms with Crippen LogP contribution in [0.15, 0.2) is 55.1 Å². The minimum absolute atomic E-state index is 0.0328. The highest BCUT2D eigenvalue weighted by molar-refractivity contribution is 6.05. The zero-order valence-corrected chi connectivity index (χ0v) is 17.7. The van der Waals surface area contributed by atoms with Gasteiger partial charge in [0, 0.05) is 0 Å². The first-order chi connectivity index (χ1) is 17.0. The molecule has 0 radical (unpaired) electrons. The number of carbonyl (C=O) groups excluding carboxylic acids is 1. The number of nitriles is 1. The summed E-state index contributed by atoms with van der Waals surface area (Å²) in [6.45, 7) is -0.669. The molecule has 0 aliphatic heterocycles. The lowest BCUT2D eigenvalue weighted by molar-refractivity contribution is -0.144. The van der Waals surface area contributed by atoms with E-state index in [0.717, 1.165) is 23.1 Å². The van der Waals surface area contributed by atoms with Crippen molar-refractivity contribution in [1.82, 2.24) is 29.8 Å². The third-order valence-corrected chi connectivity index (χ3v) is 4.79. The van der Waals surface area contributed by atoms with Crippen LogP contribution in [0, 0.1) is 11.3 Å². The Hall–Kier alpha value is -4.74. The average molecular weight is 506 g/mol. The van der Waals surface area contributed by atoms with Crippen LogP contribution in [0.5, 0.6) is 0 Å². The minimum Gasteiger partial charge on any atom is -0.320 e. The number of pyridine rings is 1. The van der Waals surface area contributed by atoms with Crippen molar-refractivity contribution in [2.45, 2.75) is 18.9 Å². The van der Waals surface area contributed by atoms with E-state index < -0.39 is 41.6 Å². The van der Waals surface area contributed by atoms with E-state index >= 15 is 0 Å². The van der Waals surface area contributed by atoms with E-state index in [1.807, 2.05) is 6.07 Å². The van der Waals surface area contributed by atoms with Gasteiger partial charge in [0.15, 0.2) is 11.5 Å². The van der Waals surface area contributed by atoms with E-state index in [0.29, 0.717) is 16.9 Å². The van der Waals surface area contributed by atoms with Gasteiger partial charge in [-0.25, -0.2) is 4.98 Å². The van der Waals surface area contributed by atoms with Crippen molar-refractivity contribution in [1.29, 1.82) is 5.26 Å². The number of nitrogens with zero attached hydrogens (tertiary/aromatic N) is 7. The fraction of sp³-hybridized carbons (Fsp3) is 0.143. The van der Waals surface area contributed by atoms with Gasteiger partial charge in [-0.15, -0.1) is 4.80 Å². The number of halogens is 6. The summed E-state index contributed by atoms with van der Waals surface area (Å²) in [6.07, 6.45) is -5.31. The standard InChI is InChI=1S/C21H12F6N8O/c22-20(23,24)14-3-1-2-12(6-14)11-34-17(21(25,26)27)16(10-32-34)19(36)33-15-7-13(8-28)18(29-9-15)35-30-4-5-31-35/h1-7,9-10H,11H2,(H,33,36). The summed E-state index contributed by atoms with van der Waals surface area (Å²) in [5, 5.41) is 22.8. The van der Waals surface area contributed by atoms with Crippen LogP contribution < -0.4 is 5.32 Å². The number of carbonyl (C=O) groups is 1. The van der Waals surface area contributed by atoms with Crippen molar-refractivity contribution in [2.24, 2.45) is 0 Å². The molecule has 4 aromatic rings. The molecule has 0 fully saturated rings. The number of hydrogen-bond donors (Lipinski definition) is 1. The van der Waals surface area contributed by atoms with Gasteiger partial charge in [-0.3, -0.25) is 9.48 Å². The number of anilines is 1. The number of aromatic nitrogens is 6. The van der Waals surface area contributed by atoms with Crippen molar-refractivity contribution in [3.8, 4) is 11.9 Å². The third-order valence-electron chi connectivity index (χ3n) is 4.79. The molecular formula is C21H12F6N8O. The van der Waals surface area contributed by atoms with E-state index in [4.69, 9.17) is 0 Å². The quantitative estimate of drug-likeness (QED) is 0.408. The fourth-order valence-electron chi connectivity index (χ4n) is 3.28. The number of rotatable bonds is 5. The van der Waals surface area contributed by atoms with Gasteiger partial charge in [0.25, 0.3) is 5.91 Å². The molecule has 3 aromatic heterocycles. The van der Waals surface area contributed by atoms with Crippen LogP contribution in [0.25, 0.3) is 5.82 Å². The summed E-state index contributed by atoms with van der Waals surface area (Å²) < 4.78 is 80.8. The van der Waals surface area contributed by atoms with Crippen LogP contribution in [0.2, 0.25) is 0 Å². The van der Waals surface area contributed by atoms with Crippen molar-refractivity contribution < 1.29 is 31.1 Å². The molecule has 0 atom stereocenters.